The van der Waals surface area contributed by atoms with Gasteiger partial charge in [0.15, 0.2) is 0 Å². The summed E-state index contributed by atoms with van der Waals surface area (Å²) in [6.45, 7) is 13.7. The Balaban J connectivity index is 1.35. The number of aromatic nitrogens is 3. The Hall–Kier alpha value is -5.02. The molecule has 2 aromatic heterocycles. The molecule has 0 aliphatic carbocycles. The Labute approximate surface area is 264 Å². The molecule has 6 aromatic carbocycles. The highest BCUT2D eigenvalue weighted by molar-refractivity contribution is 6.23. The molecule has 0 bridgehead atoms. The molecule has 0 saturated carbocycles. The average molecular weight is 584 g/mol. The molecule has 0 spiro atoms. The van der Waals surface area contributed by atoms with Crippen molar-refractivity contribution < 1.29 is 0 Å². The molecule has 2 heterocycles. The number of hydrogen-bond donors (Lipinski definition) is 0. The average Bonchev–Trinajstić information content (AvgIpc) is 3.37. The maximum atomic E-state index is 4.74. The van der Waals surface area contributed by atoms with Crippen LogP contribution in [0.25, 0.3) is 71.2 Å². The zero-order chi connectivity index (χ0) is 31.1. The number of nitrogens with zero attached hydrogens (tertiary/aromatic N) is 3. The molecule has 8 rings (SSSR count). The van der Waals surface area contributed by atoms with Gasteiger partial charge < -0.3 is 4.57 Å². The quantitative estimate of drug-likeness (QED) is 0.190. The van der Waals surface area contributed by atoms with Crippen LogP contribution in [-0.4, -0.2) is 14.5 Å². The van der Waals surface area contributed by atoms with Crippen molar-refractivity contribution >= 4 is 54.4 Å². The van der Waals surface area contributed by atoms with Crippen LogP contribution in [0.15, 0.2) is 116 Å². The highest BCUT2D eigenvalue weighted by Gasteiger charge is 2.21. The van der Waals surface area contributed by atoms with Crippen LogP contribution in [0.3, 0.4) is 0 Å². The molecule has 45 heavy (non-hydrogen) atoms. The van der Waals surface area contributed by atoms with Gasteiger partial charge in [0, 0.05) is 39.6 Å². The first kappa shape index (κ1) is 27.5. The van der Waals surface area contributed by atoms with Gasteiger partial charge in [-0.15, -0.1) is 0 Å². The Morgan fingerprint density at radius 2 is 1.00 bits per heavy atom. The van der Waals surface area contributed by atoms with Crippen LogP contribution in [0.2, 0.25) is 0 Å². The summed E-state index contributed by atoms with van der Waals surface area (Å²) in [6.07, 6.45) is 3.57. The van der Waals surface area contributed by atoms with E-state index in [1.165, 1.54) is 54.8 Å². The molecule has 0 unspecified atom stereocenters. The van der Waals surface area contributed by atoms with Crippen LogP contribution in [0.1, 0.15) is 52.7 Å². The summed E-state index contributed by atoms with van der Waals surface area (Å²) in [6, 6.07) is 38.3. The molecule has 0 saturated heterocycles. The van der Waals surface area contributed by atoms with Gasteiger partial charge in [-0.05, 0) is 86.3 Å². The molecule has 8 aromatic rings. The van der Waals surface area contributed by atoms with E-state index in [0.717, 1.165) is 27.5 Å². The van der Waals surface area contributed by atoms with Crippen molar-refractivity contribution in [3.63, 3.8) is 0 Å². The minimum atomic E-state index is 0.0708. The summed E-state index contributed by atoms with van der Waals surface area (Å²) < 4.78 is 2.44. The molecule has 0 fully saturated rings. The predicted octanol–water partition coefficient (Wildman–Crippen LogP) is 11.3. The van der Waals surface area contributed by atoms with Crippen LogP contribution in [0.4, 0.5) is 0 Å². The summed E-state index contributed by atoms with van der Waals surface area (Å²) in [5.41, 5.74) is 10.7. The Kier molecular flexibility index (Phi) is 5.96. The molecule has 3 nitrogen and oxygen atoms in total. The zero-order valence-corrected chi connectivity index (χ0v) is 26.8. The second kappa shape index (κ2) is 9.74. The van der Waals surface area contributed by atoms with Crippen molar-refractivity contribution in [3.05, 3.63) is 127 Å². The van der Waals surface area contributed by atoms with E-state index >= 15 is 0 Å². The van der Waals surface area contributed by atoms with Gasteiger partial charge in [0.05, 0.1) is 22.1 Å². The van der Waals surface area contributed by atoms with Crippen molar-refractivity contribution in [3.8, 4) is 16.8 Å². The fraction of sp³-hybridized carbons (Fsp3) is 0.190. The van der Waals surface area contributed by atoms with Gasteiger partial charge in [-0.3, -0.25) is 9.97 Å². The van der Waals surface area contributed by atoms with Crippen molar-refractivity contribution in [2.24, 2.45) is 0 Å². The minimum Gasteiger partial charge on any atom is -0.309 e. The predicted molar refractivity (Wildman–Crippen MR) is 192 cm³/mol. The van der Waals surface area contributed by atoms with E-state index in [2.05, 4.69) is 149 Å². The highest BCUT2D eigenvalue weighted by atomic mass is 15.0. The summed E-state index contributed by atoms with van der Waals surface area (Å²) in [5, 5.41) is 7.27. The first-order chi connectivity index (χ1) is 21.6. The lowest BCUT2D eigenvalue weighted by Crippen LogP contribution is -2.10. The largest absolute Gasteiger partial charge is 0.309 e. The van der Waals surface area contributed by atoms with E-state index in [-0.39, 0.29) is 10.8 Å². The monoisotopic (exact) mass is 583 g/mol. The molecule has 0 aliphatic rings. The zero-order valence-electron chi connectivity index (χ0n) is 26.8. The van der Waals surface area contributed by atoms with Gasteiger partial charge in [-0.2, -0.15) is 0 Å². The van der Waals surface area contributed by atoms with Crippen molar-refractivity contribution in [1.29, 1.82) is 0 Å². The smallest absolute Gasteiger partial charge is 0.0971 e. The molecule has 0 atom stereocenters. The van der Waals surface area contributed by atoms with Gasteiger partial charge in [-0.1, -0.05) is 102 Å². The Morgan fingerprint density at radius 3 is 1.60 bits per heavy atom. The lowest BCUT2D eigenvalue weighted by Gasteiger charge is -2.19. The first-order valence-electron chi connectivity index (χ1n) is 15.8. The van der Waals surface area contributed by atoms with Crippen molar-refractivity contribution in [2.75, 3.05) is 0 Å². The maximum Gasteiger partial charge on any atom is 0.0971 e. The number of benzene rings is 6. The van der Waals surface area contributed by atoms with Gasteiger partial charge in [0.2, 0.25) is 0 Å². The van der Waals surface area contributed by atoms with Gasteiger partial charge >= 0.3 is 0 Å². The molecular formula is C42H37N3. The fourth-order valence-electron chi connectivity index (χ4n) is 6.87. The summed E-state index contributed by atoms with van der Waals surface area (Å²) in [7, 11) is 0. The van der Waals surface area contributed by atoms with Crippen LogP contribution in [-0.2, 0) is 10.8 Å². The standard InChI is InChI=1S/C42H37N3/c1-41(2,3)28-15-18-37-35(24-28)36-25-29(42(4,5)6)16-19-38(36)45(37)30-11-9-10-26(22-30)27-14-17-33-34(23-27)31-12-7-8-13-32(31)39-40(33)44-21-20-43-39/h7-25H,1-6H3. The van der Waals surface area contributed by atoms with Gasteiger partial charge in [0.25, 0.3) is 0 Å². The maximum absolute atomic E-state index is 4.74. The second-order valence-electron chi connectivity index (χ2n) is 14.4. The van der Waals surface area contributed by atoms with Crippen LogP contribution in [0, 0.1) is 0 Å². The van der Waals surface area contributed by atoms with Crippen LogP contribution >= 0.6 is 0 Å². The van der Waals surface area contributed by atoms with Crippen molar-refractivity contribution in [1.82, 2.24) is 14.5 Å². The number of fused-ring (bicyclic) bond motifs is 9. The van der Waals surface area contributed by atoms with Crippen molar-refractivity contribution in [2.45, 2.75) is 52.4 Å². The van der Waals surface area contributed by atoms with Gasteiger partial charge in [-0.25, -0.2) is 0 Å². The van der Waals surface area contributed by atoms with E-state index in [1.807, 2.05) is 0 Å². The second-order valence-corrected chi connectivity index (χ2v) is 14.4. The molecule has 0 aliphatic heterocycles. The molecular weight excluding hydrogens is 546 g/mol. The van der Waals surface area contributed by atoms with Gasteiger partial charge in [0.1, 0.15) is 0 Å². The number of hydrogen-bond acceptors (Lipinski definition) is 2. The Bertz CT molecular complexity index is 2340. The summed E-state index contributed by atoms with van der Waals surface area (Å²) in [4.78, 5) is 9.45. The topological polar surface area (TPSA) is 30.7 Å². The lowest BCUT2D eigenvalue weighted by molar-refractivity contribution is 0.590. The van der Waals surface area contributed by atoms with E-state index in [0.29, 0.717) is 0 Å². The fourth-order valence-corrected chi connectivity index (χ4v) is 6.87. The van der Waals surface area contributed by atoms with E-state index in [9.17, 15) is 0 Å². The summed E-state index contributed by atoms with van der Waals surface area (Å²) in [5.74, 6) is 0. The molecule has 0 N–H and O–H groups in total. The van der Waals surface area contributed by atoms with E-state index in [4.69, 9.17) is 9.97 Å². The molecule has 0 amide bonds. The molecule has 0 radical (unpaired) electrons. The first-order valence-corrected chi connectivity index (χ1v) is 15.8. The third kappa shape index (κ3) is 4.41. The van der Waals surface area contributed by atoms with E-state index in [1.54, 1.807) is 12.4 Å². The molecule has 3 heteroatoms. The number of rotatable bonds is 2. The normalized spacial score (nSPS) is 12.7. The SMILES string of the molecule is CC(C)(C)c1ccc2c(c1)c1cc(C(C)(C)C)ccc1n2-c1cccc(-c2ccc3c(c2)c2ccccc2c2nccnc32)c1. The third-order valence-electron chi connectivity index (χ3n) is 9.38. The highest BCUT2D eigenvalue weighted by Crippen LogP contribution is 2.39. The van der Waals surface area contributed by atoms with E-state index < -0.39 is 0 Å². The third-order valence-corrected chi connectivity index (χ3v) is 9.38. The Morgan fingerprint density at radius 1 is 0.444 bits per heavy atom. The lowest BCUT2D eigenvalue weighted by atomic mass is 9.85. The van der Waals surface area contributed by atoms with Crippen LogP contribution < -0.4 is 0 Å². The van der Waals surface area contributed by atoms with Crippen LogP contribution in [0.5, 0.6) is 0 Å². The molecule has 220 valence electrons. The minimum absolute atomic E-state index is 0.0708. The summed E-state index contributed by atoms with van der Waals surface area (Å²) >= 11 is 0.